The smallest absolute Gasteiger partial charge is 0.237 e. The summed E-state index contributed by atoms with van der Waals surface area (Å²) < 4.78 is 2.01. The highest BCUT2D eigenvalue weighted by Crippen LogP contribution is 2.30. The number of aryl methyl sites for hydroxylation is 2. The Bertz CT molecular complexity index is 1090. The number of rotatable bonds is 7. The van der Waals surface area contributed by atoms with E-state index in [1.54, 1.807) is 0 Å². The van der Waals surface area contributed by atoms with E-state index in [2.05, 4.69) is 67.1 Å². The van der Waals surface area contributed by atoms with Gasteiger partial charge in [0.05, 0.1) is 5.25 Å². The minimum atomic E-state index is -0.335. The molecule has 2 aromatic carbocycles. The van der Waals surface area contributed by atoms with E-state index < -0.39 is 0 Å². The Morgan fingerprint density at radius 2 is 1.75 bits per heavy atom. The fourth-order valence-electron chi connectivity index (χ4n) is 3.45. The van der Waals surface area contributed by atoms with E-state index in [4.69, 9.17) is 0 Å². The van der Waals surface area contributed by atoms with Crippen molar-refractivity contribution in [3.05, 3.63) is 71.8 Å². The Labute approximate surface area is 195 Å². The van der Waals surface area contributed by atoms with Crippen molar-refractivity contribution >= 4 is 23.4 Å². The molecule has 0 spiro atoms. The molecule has 1 heterocycles. The zero-order valence-corrected chi connectivity index (χ0v) is 20.6. The Morgan fingerprint density at radius 3 is 2.31 bits per heavy atom. The summed E-state index contributed by atoms with van der Waals surface area (Å²) in [5.74, 6) is 0.715. The van der Waals surface area contributed by atoms with Crippen LogP contribution in [0.2, 0.25) is 0 Å². The van der Waals surface area contributed by atoms with Gasteiger partial charge in [-0.2, -0.15) is 0 Å². The highest BCUT2D eigenvalue weighted by atomic mass is 32.2. The normalized spacial score (nSPS) is 12.4. The van der Waals surface area contributed by atoms with E-state index in [0.717, 1.165) is 28.2 Å². The zero-order chi connectivity index (χ0) is 23.5. The number of amides is 1. The standard InChI is InChI=1S/C26H32N4OS/c1-8-16-30-23(20-12-14-21(15-13-20)26(5,6)7)28-29-25(30)32-19(4)24(31)27-22-17(2)10-9-11-18(22)3/h8-15,19H,1,16H2,2-7H3,(H,27,31). The maximum Gasteiger partial charge on any atom is 0.237 e. The molecule has 0 aliphatic rings. The molecule has 1 unspecified atom stereocenters. The Kier molecular flexibility index (Phi) is 7.24. The third-order valence-electron chi connectivity index (χ3n) is 5.42. The second-order valence-electron chi connectivity index (χ2n) is 9.05. The summed E-state index contributed by atoms with van der Waals surface area (Å²) in [6.07, 6.45) is 1.82. The fraction of sp³-hybridized carbons (Fsp3) is 0.346. The molecule has 5 nitrogen and oxygen atoms in total. The van der Waals surface area contributed by atoms with Gasteiger partial charge in [0.1, 0.15) is 0 Å². The number of allylic oxidation sites excluding steroid dienone is 1. The highest BCUT2D eigenvalue weighted by Gasteiger charge is 2.22. The van der Waals surface area contributed by atoms with E-state index >= 15 is 0 Å². The Balaban J connectivity index is 1.82. The molecule has 3 aromatic rings. The quantitative estimate of drug-likeness (QED) is 0.347. The van der Waals surface area contributed by atoms with Crippen molar-refractivity contribution < 1.29 is 4.79 Å². The summed E-state index contributed by atoms with van der Waals surface area (Å²) in [6, 6.07) is 14.4. The predicted octanol–water partition coefficient (Wildman–Crippen LogP) is 6.16. The average molecular weight is 449 g/mol. The Hall–Kier alpha value is -2.86. The minimum Gasteiger partial charge on any atom is -0.325 e. The lowest BCUT2D eigenvalue weighted by Crippen LogP contribution is -2.24. The largest absolute Gasteiger partial charge is 0.325 e. The first-order valence-electron chi connectivity index (χ1n) is 10.8. The van der Waals surface area contributed by atoms with Crippen molar-refractivity contribution in [1.29, 1.82) is 0 Å². The van der Waals surface area contributed by atoms with Gasteiger partial charge in [-0.05, 0) is 42.9 Å². The predicted molar refractivity (Wildman–Crippen MR) is 134 cm³/mol. The van der Waals surface area contributed by atoms with Gasteiger partial charge in [0.25, 0.3) is 0 Å². The fourth-order valence-corrected chi connectivity index (χ4v) is 4.31. The van der Waals surface area contributed by atoms with E-state index in [1.165, 1.54) is 17.3 Å². The molecule has 0 fully saturated rings. The molecular weight excluding hydrogens is 416 g/mol. The van der Waals surface area contributed by atoms with Crippen molar-refractivity contribution in [2.45, 2.75) is 63.9 Å². The molecule has 6 heteroatoms. The third-order valence-corrected chi connectivity index (χ3v) is 6.50. The third kappa shape index (κ3) is 5.30. The first kappa shape index (κ1) is 23.8. The SMILES string of the molecule is C=CCn1c(SC(C)C(=O)Nc2c(C)cccc2C)nnc1-c1ccc(C(C)(C)C)cc1. The molecule has 1 aromatic heterocycles. The molecule has 1 atom stereocenters. The van der Waals surface area contributed by atoms with Crippen molar-refractivity contribution in [2.75, 3.05) is 5.32 Å². The van der Waals surface area contributed by atoms with Gasteiger partial charge >= 0.3 is 0 Å². The molecule has 0 radical (unpaired) electrons. The number of hydrogen-bond acceptors (Lipinski definition) is 4. The van der Waals surface area contributed by atoms with Crippen LogP contribution < -0.4 is 5.32 Å². The average Bonchev–Trinajstić information content (AvgIpc) is 3.12. The van der Waals surface area contributed by atoms with Crippen LogP contribution in [0.25, 0.3) is 11.4 Å². The monoisotopic (exact) mass is 448 g/mol. The van der Waals surface area contributed by atoms with Crippen LogP contribution in [0.4, 0.5) is 5.69 Å². The molecule has 168 valence electrons. The van der Waals surface area contributed by atoms with Gasteiger partial charge in [0, 0.05) is 17.8 Å². The first-order chi connectivity index (χ1) is 15.1. The molecule has 1 amide bonds. The molecule has 3 rings (SSSR count). The molecule has 0 aliphatic carbocycles. The number of carbonyl (C=O) groups is 1. The van der Waals surface area contributed by atoms with Crippen molar-refractivity contribution in [2.24, 2.45) is 0 Å². The van der Waals surface area contributed by atoms with Crippen LogP contribution in [0.5, 0.6) is 0 Å². The Morgan fingerprint density at radius 1 is 1.12 bits per heavy atom. The van der Waals surface area contributed by atoms with Crippen molar-refractivity contribution in [3.63, 3.8) is 0 Å². The molecule has 1 N–H and O–H groups in total. The lowest BCUT2D eigenvalue weighted by atomic mass is 9.87. The summed E-state index contributed by atoms with van der Waals surface area (Å²) >= 11 is 1.40. The van der Waals surface area contributed by atoms with E-state index in [9.17, 15) is 4.79 Å². The second-order valence-corrected chi connectivity index (χ2v) is 10.4. The van der Waals surface area contributed by atoms with E-state index in [-0.39, 0.29) is 16.6 Å². The van der Waals surface area contributed by atoms with Crippen molar-refractivity contribution in [1.82, 2.24) is 14.8 Å². The van der Waals surface area contributed by atoms with Crippen LogP contribution in [-0.2, 0) is 16.8 Å². The van der Waals surface area contributed by atoms with Gasteiger partial charge in [-0.1, -0.05) is 81.1 Å². The molecule has 0 bridgehead atoms. The number of hydrogen-bond donors (Lipinski definition) is 1. The van der Waals surface area contributed by atoms with Crippen LogP contribution in [0.1, 0.15) is 44.4 Å². The number of para-hydroxylation sites is 1. The summed E-state index contributed by atoms with van der Waals surface area (Å²) in [7, 11) is 0. The molecule has 32 heavy (non-hydrogen) atoms. The zero-order valence-electron chi connectivity index (χ0n) is 19.8. The number of thioether (sulfide) groups is 1. The number of benzene rings is 2. The molecule has 0 aliphatic heterocycles. The van der Waals surface area contributed by atoms with Crippen LogP contribution in [-0.4, -0.2) is 25.9 Å². The number of nitrogens with zero attached hydrogens (tertiary/aromatic N) is 3. The minimum absolute atomic E-state index is 0.0587. The summed E-state index contributed by atoms with van der Waals surface area (Å²) in [5.41, 5.74) is 5.32. The topological polar surface area (TPSA) is 59.8 Å². The first-order valence-corrected chi connectivity index (χ1v) is 11.7. The number of anilines is 1. The van der Waals surface area contributed by atoms with E-state index in [0.29, 0.717) is 11.7 Å². The van der Waals surface area contributed by atoms with E-state index in [1.807, 2.05) is 49.6 Å². The number of aromatic nitrogens is 3. The molecule has 0 saturated carbocycles. The summed E-state index contributed by atoms with van der Waals surface area (Å²) in [5, 5.41) is 12.3. The van der Waals surface area contributed by atoms with Crippen LogP contribution in [0.3, 0.4) is 0 Å². The molecular formula is C26H32N4OS. The highest BCUT2D eigenvalue weighted by molar-refractivity contribution is 8.00. The summed E-state index contributed by atoms with van der Waals surface area (Å²) in [4.78, 5) is 12.9. The number of carbonyl (C=O) groups excluding carboxylic acids is 1. The van der Waals surface area contributed by atoms with Crippen LogP contribution in [0, 0.1) is 13.8 Å². The lowest BCUT2D eigenvalue weighted by molar-refractivity contribution is -0.115. The van der Waals surface area contributed by atoms with Gasteiger partial charge in [0.2, 0.25) is 5.91 Å². The second kappa shape index (κ2) is 9.74. The van der Waals surface area contributed by atoms with Crippen LogP contribution in [0.15, 0.2) is 60.3 Å². The maximum atomic E-state index is 12.9. The maximum absolute atomic E-state index is 12.9. The van der Waals surface area contributed by atoms with Gasteiger partial charge in [-0.15, -0.1) is 16.8 Å². The van der Waals surface area contributed by atoms with Crippen molar-refractivity contribution in [3.8, 4) is 11.4 Å². The lowest BCUT2D eigenvalue weighted by Gasteiger charge is -2.19. The van der Waals surface area contributed by atoms with Crippen LogP contribution >= 0.6 is 11.8 Å². The van der Waals surface area contributed by atoms with Gasteiger partial charge in [-0.25, -0.2) is 0 Å². The summed E-state index contributed by atoms with van der Waals surface area (Å²) in [6.45, 7) is 16.9. The van der Waals surface area contributed by atoms with Gasteiger partial charge in [0.15, 0.2) is 11.0 Å². The molecule has 0 saturated heterocycles. The van der Waals surface area contributed by atoms with Gasteiger partial charge in [-0.3, -0.25) is 9.36 Å². The van der Waals surface area contributed by atoms with Gasteiger partial charge < -0.3 is 5.32 Å². The number of nitrogens with one attached hydrogen (secondary N) is 1.